The van der Waals surface area contributed by atoms with Crippen LogP contribution in [0.25, 0.3) is 10.9 Å². The fraction of sp³-hybridized carbons (Fsp3) is 0.0625. The molecule has 0 N–H and O–H groups in total. The molecule has 0 unspecified atom stereocenters. The third-order valence-electron chi connectivity index (χ3n) is 3.12. The molecule has 0 aliphatic heterocycles. The number of carbonyl (C=O) groups is 2. The number of ketones is 2. The minimum atomic E-state index is -0.276. The number of benzene rings is 2. The Morgan fingerprint density at radius 1 is 1.00 bits per heavy atom. The Morgan fingerprint density at radius 2 is 1.75 bits per heavy atom. The fourth-order valence-electron chi connectivity index (χ4n) is 2.06. The van der Waals surface area contributed by atoms with Crippen molar-refractivity contribution in [2.75, 3.05) is 0 Å². The molecule has 1 heterocycles. The summed E-state index contributed by atoms with van der Waals surface area (Å²) in [4.78, 5) is 23.8. The minimum Gasteiger partial charge on any atom is -0.351 e. The predicted molar refractivity (Wildman–Crippen MR) is 73.9 cm³/mol. The molecule has 0 aliphatic carbocycles. The molecule has 98 valence electrons. The highest BCUT2D eigenvalue weighted by molar-refractivity contribution is 6.14. The summed E-state index contributed by atoms with van der Waals surface area (Å²) in [5.41, 5.74) is 1.55. The first-order chi connectivity index (χ1) is 9.66. The molecule has 0 spiro atoms. The van der Waals surface area contributed by atoms with Crippen LogP contribution in [0.15, 0.2) is 53.1 Å². The minimum absolute atomic E-state index is 0.0814. The molecular formula is C16H11NO3. The first-order valence-corrected chi connectivity index (χ1v) is 6.17. The van der Waals surface area contributed by atoms with Crippen molar-refractivity contribution in [3.63, 3.8) is 0 Å². The van der Waals surface area contributed by atoms with Crippen LogP contribution in [0.2, 0.25) is 0 Å². The lowest BCUT2D eigenvalue weighted by molar-refractivity contribution is 0.100. The van der Waals surface area contributed by atoms with Crippen molar-refractivity contribution in [2.45, 2.75) is 6.92 Å². The third-order valence-corrected chi connectivity index (χ3v) is 3.12. The number of carbonyl (C=O) groups excluding carboxylic acids is 2. The maximum Gasteiger partial charge on any atom is 0.231 e. The predicted octanol–water partition coefficient (Wildman–Crippen LogP) is 3.26. The number of aromatic nitrogens is 1. The van der Waals surface area contributed by atoms with Crippen LogP contribution < -0.4 is 0 Å². The van der Waals surface area contributed by atoms with Crippen molar-refractivity contribution in [1.82, 2.24) is 5.16 Å². The summed E-state index contributed by atoms with van der Waals surface area (Å²) >= 11 is 0. The lowest BCUT2D eigenvalue weighted by atomic mass is 10.0. The second-order valence-electron chi connectivity index (χ2n) is 4.49. The van der Waals surface area contributed by atoms with E-state index in [4.69, 9.17) is 4.52 Å². The molecule has 4 nitrogen and oxygen atoms in total. The van der Waals surface area contributed by atoms with Crippen LogP contribution in [-0.4, -0.2) is 16.7 Å². The topological polar surface area (TPSA) is 60.2 Å². The van der Waals surface area contributed by atoms with Gasteiger partial charge in [-0.15, -0.1) is 0 Å². The highest BCUT2D eigenvalue weighted by Gasteiger charge is 2.18. The molecule has 0 atom stereocenters. The standard InChI is InChI=1S/C16H11NO3/c1-10(18)11-5-4-6-12(9-11)15(19)16-13-7-2-3-8-14(13)17-20-16/h2-9H,1H3. The molecule has 0 bridgehead atoms. The van der Waals surface area contributed by atoms with E-state index in [9.17, 15) is 9.59 Å². The van der Waals surface area contributed by atoms with Gasteiger partial charge in [0.05, 0.1) is 5.39 Å². The van der Waals surface area contributed by atoms with Crippen molar-refractivity contribution in [3.8, 4) is 0 Å². The second kappa shape index (κ2) is 4.74. The third kappa shape index (κ3) is 2.01. The zero-order valence-corrected chi connectivity index (χ0v) is 10.8. The number of fused-ring (bicyclic) bond motifs is 1. The van der Waals surface area contributed by atoms with Crippen molar-refractivity contribution in [2.24, 2.45) is 0 Å². The van der Waals surface area contributed by atoms with Gasteiger partial charge in [0, 0.05) is 11.1 Å². The fourth-order valence-corrected chi connectivity index (χ4v) is 2.06. The van der Waals surface area contributed by atoms with Crippen LogP contribution in [-0.2, 0) is 0 Å². The molecular weight excluding hydrogens is 254 g/mol. The van der Waals surface area contributed by atoms with Gasteiger partial charge in [0.2, 0.25) is 11.5 Å². The summed E-state index contributed by atoms with van der Waals surface area (Å²) in [6, 6.07) is 13.8. The molecule has 20 heavy (non-hydrogen) atoms. The normalized spacial score (nSPS) is 10.7. The Balaban J connectivity index is 2.08. The van der Waals surface area contributed by atoms with Crippen LogP contribution in [0, 0.1) is 0 Å². The van der Waals surface area contributed by atoms with E-state index in [0.717, 1.165) is 0 Å². The zero-order chi connectivity index (χ0) is 14.1. The zero-order valence-electron chi connectivity index (χ0n) is 10.8. The highest BCUT2D eigenvalue weighted by Crippen LogP contribution is 2.21. The Bertz CT molecular complexity index is 817. The van der Waals surface area contributed by atoms with Gasteiger partial charge in [0.15, 0.2) is 5.78 Å². The van der Waals surface area contributed by atoms with Crippen LogP contribution >= 0.6 is 0 Å². The van der Waals surface area contributed by atoms with E-state index < -0.39 is 0 Å². The quantitative estimate of drug-likeness (QED) is 0.682. The van der Waals surface area contributed by atoms with Gasteiger partial charge in [0.25, 0.3) is 0 Å². The molecule has 0 radical (unpaired) electrons. The summed E-state index contributed by atoms with van der Waals surface area (Å²) in [5.74, 6) is -0.162. The molecule has 2 aromatic carbocycles. The molecule has 0 saturated carbocycles. The van der Waals surface area contributed by atoms with Crippen LogP contribution in [0.1, 0.15) is 33.4 Å². The van der Waals surface area contributed by atoms with Crippen molar-refractivity contribution in [1.29, 1.82) is 0 Å². The molecule has 0 saturated heterocycles. The van der Waals surface area contributed by atoms with Crippen molar-refractivity contribution in [3.05, 3.63) is 65.4 Å². The van der Waals surface area contributed by atoms with Crippen LogP contribution in [0.3, 0.4) is 0 Å². The Hall–Kier alpha value is -2.75. The van der Waals surface area contributed by atoms with E-state index in [0.29, 0.717) is 22.0 Å². The maximum absolute atomic E-state index is 12.5. The lowest BCUT2D eigenvalue weighted by Crippen LogP contribution is -2.02. The van der Waals surface area contributed by atoms with E-state index in [1.165, 1.54) is 6.92 Å². The summed E-state index contributed by atoms with van der Waals surface area (Å²) < 4.78 is 5.15. The van der Waals surface area contributed by atoms with Crippen molar-refractivity contribution >= 4 is 22.5 Å². The van der Waals surface area contributed by atoms with Gasteiger partial charge in [-0.05, 0) is 25.1 Å². The molecule has 3 aromatic rings. The van der Waals surface area contributed by atoms with Gasteiger partial charge in [0.1, 0.15) is 5.52 Å². The second-order valence-corrected chi connectivity index (χ2v) is 4.49. The van der Waals surface area contributed by atoms with Gasteiger partial charge in [-0.1, -0.05) is 35.5 Å². The molecule has 0 amide bonds. The van der Waals surface area contributed by atoms with E-state index in [1.807, 2.05) is 12.1 Å². The highest BCUT2D eigenvalue weighted by atomic mass is 16.5. The molecule has 0 fully saturated rings. The number of hydrogen-bond donors (Lipinski definition) is 0. The van der Waals surface area contributed by atoms with E-state index in [1.54, 1.807) is 36.4 Å². The van der Waals surface area contributed by atoms with Crippen LogP contribution in [0.4, 0.5) is 0 Å². The summed E-state index contributed by atoms with van der Waals surface area (Å²) in [6.45, 7) is 1.47. The number of Topliss-reactive ketones (excluding diaryl/α,β-unsaturated/α-hetero) is 1. The largest absolute Gasteiger partial charge is 0.351 e. The SMILES string of the molecule is CC(=O)c1cccc(C(=O)c2onc3ccccc23)c1. The molecule has 4 heteroatoms. The van der Waals surface area contributed by atoms with Gasteiger partial charge < -0.3 is 4.52 Å². The van der Waals surface area contributed by atoms with E-state index in [-0.39, 0.29) is 17.3 Å². The average Bonchev–Trinajstić information content (AvgIpc) is 2.90. The Kier molecular flexibility index (Phi) is 2.91. The lowest BCUT2D eigenvalue weighted by Gasteiger charge is -2.00. The Labute approximate surface area is 115 Å². The number of rotatable bonds is 3. The monoisotopic (exact) mass is 265 g/mol. The smallest absolute Gasteiger partial charge is 0.231 e. The molecule has 3 rings (SSSR count). The molecule has 1 aromatic heterocycles. The first-order valence-electron chi connectivity index (χ1n) is 6.17. The first kappa shape index (κ1) is 12.3. The summed E-state index contributed by atoms with van der Waals surface area (Å²) in [6.07, 6.45) is 0. The summed E-state index contributed by atoms with van der Waals surface area (Å²) in [5, 5.41) is 4.53. The van der Waals surface area contributed by atoms with Gasteiger partial charge >= 0.3 is 0 Å². The maximum atomic E-state index is 12.5. The Morgan fingerprint density at radius 3 is 2.55 bits per heavy atom. The van der Waals surface area contributed by atoms with E-state index >= 15 is 0 Å². The summed E-state index contributed by atoms with van der Waals surface area (Å²) in [7, 11) is 0. The average molecular weight is 265 g/mol. The van der Waals surface area contributed by atoms with Gasteiger partial charge in [-0.25, -0.2) is 0 Å². The molecule has 0 aliphatic rings. The number of hydrogen-bond acceptors (Lipinski definition) is 4. The number of nitrogens with zero attached hydrogens (tertiary/aromatic N) is 1. The van der Waals surface area contributed by atoms with Gasteiger partial charge in [-0.3, -0.25) is 9.59 Å². The van der Waals surface area contributed by atoms with Gasteiger partial charge in [-0.2, -0.15) is 0 Å². The van der Waals surface area contributed by atoms with Crippen LogP contribution in [0.5, 0.6) is 0 Å². The van der Waals surface area contributed by atoms with E-state index in [2.05, 4.69) is 5.16 Å². The van der Waals surface area contributed by atoms with Crippen molar-refractivity contribution < 1.29 is 14.1 Å².